The van der Waals surface area contributed by atoms with Gasteiger partial charge in [-0.3, -0.25) is 9.58 Å². The van der Waals surface area contributed by atoms with E-state index < -0.39 is 17.4 Å². The molecule has 0 aromatic carbocycles. The molecule has 29 heavy (non-hydrogen) atoms. The smallest absolute Gasteiger partial charge is 0.378 e. The summed E-state index contributed by atoms with van der Waals surface area (Å²) in [6.07, 6.45) is -0.0310. The SMILES string of the molecule is Cc1c(NC2=NC(C)(N)C(C(F)(F)F)=CN2)cnn1C1CCN(C2COC2)CC1. The lowest BCUT2D eigenvalue weighted by Crippen LogP contribution is -2.52. The molecule has 8 nitrogen and oxygen atoms in total. The summed E-state index contributed by atoms with van der Waals surface area (Å²) < 4.78 is 46.5. The zero-order valence-electron chi connectivity index (χ0n) is 16.5. The predicted molar refractivity (Wildman–Crippen MR) is 102 cm³/mol. The molecule has 0 aliphatic carbocycles. The Labute approximate surface area is 167 Å². The lowest BCUT2D eigenvalue weighted by atomic mass is 10.0. The van der Waals surface area contributed by atoms with E-state index in [2.05, 4.69) is 25.6 Å². The second-order valence-corrected chi connectivity index (χ2v) is 7.98. The van der Waals surface area contributed by atoms with E-state index in [9.17, 15) is 13.2 Å². The van der Waals surface area contributed by atoms with Crippen LogP contribution in [-0.4, -0.2) is 64.8 Å². The fourth-order valence-electron chi connectivity index (χ4n) is 4.02. The minimum Gasteiger partial charge on any atom is -0.378 e. The van der Waals surface area contributed by atoms with E-state index in [1.165, 1.54) is 6.92 Å². The molecule has 3 aliphatic heterocycles. The Morgan fingerprint density at radius 2 is 1.97 bits per heavy atom. The number of guanidine groups is 1. The van der Waals surface area contributed by atoms with Crippen molar-refractivity contribution in [1.82, 2.24) is 20.0 Å². The van der Waals surface area contributed by atoms with Crippen LogP contribution < -0.4 is 16.4 Å². The number of alkyl halides is 3. The van der Waals surface area contributed by atoms with Crippen LogP contribution in [0.25, 0.3) is 0 Å². The van der Waals surface area contributed by atoms with E-state index in [4.69, 9.17) is 10.5 Å². The highest BCUT2D eigenvalue weighted by atomic mass is 19.4. The largest absolute Gasteiger partial charge is 0.417 e. The van der Waals surface area contributed by atoms with Gasteiger partial charge < -0.3 is 21.1 Å². The van der Waals surface area contributed by atoms with Crippen LogP contribution in [0.5, 0.6) is 0 Å². The number of nitrogens with one attached hydrogen (secondary N) is 2. The third kappa shape index (κ3) is 3.99. The second-order valence-electron chi connectivity index (χ2n) is 7.98. The van der Waals surface area contributed by atoms with Crippen molar-refractivity contribution in [2.45, 2.75) is 50.6 Å². The molecule has 3 aliphatic rings. The van der Waals surface area contributed by atoms with Gasteiger partial charge in [-0.15, -0.1) is 0 Å². The van der Waals surface area contributed by atoms with E-state index in [1.54, 1.807) is 6.20 Å². The molecule has 160 valence electrons. The number of hydrogen-bond acceptors (Lipinski definition) is 7. The van der Waals surface area contributed by atoms with Crippen LogP contribution in [0.4, 0.5) is 18.9 Å². The normalized spacial score (nSPS) is 27.1. The van der Waals surface area contributed by atoms with E-state index in [0.717, 1.165) is 51.0 Å². The van der Waals surface area contributed by atoms with Gasteiger partial charge in [0, 0.05) is 19.3 Å². The maximum Gasteiger partial charge on any atom is 0.417 e. The van der Waals surface area contributed by atoms with Crippen molar-refractivity contribution in [3.63, 3.8) is 0 Å². The molecule has 1 unspecified atom stereocenters. The Morgan fingerprint density at radius 1 is 1.28 bits per heavy atom. The molecule has 0 amide bonds. The number of rotatable bonds is 3. The third-order valence-electron chi connectivity index (χ3n) is 5.83. The number of ether oxygens (including phenoxy) is 1. The van der Waals surface area contributed by atoms with Gasteiger partial charge in [0.05, 0.1) is 48.4 Å². The Hall–Kier alpha value is -2.11. The number of likely N-dealkylation sites (tertiary alicyclic amines) is 1. The first-order chi connectivity index (χ1) is 13.6. The summed E-state index contributed by atoms with van der Waals surface area (Å²) >= 11 is 0. The van der Waals surface area contributed by atoms with Crippen LogP contribution in [0.1, 0.15) is 31.5 Å². The second kappa shape index (κ2) is 7.29. The average molecular weight is 413 g/mol. The maximum atomic E-state index is 13.1. The summed E-state index contributed by atoms with van der Waals surface area (Å²) in [5, 5.41) is 10.1. The van der Waals surface area contributed by atoms with Gasteiger partial charge in [0.15, 0.2) is 0 Å². The highest BCUT2D eigenvalue weighted by Crippen LogP contribution is 2.34. The fraction of sp³-hybridized carbons (Fsp3) is 0.667. The van der Waals surface area contributed by atoms with Gasteiger partial charge in [0.1, 0.15) is 5.66 Å². The first-order valence-electron chi connectivity index (χ1n) is 9.71. The van der Waals surface area contributed by atoms with E-state index >= 15 is 0 Å². The van der Waals surface area contributed by atoms with Gasteiger partial charge in [-0.05, 0) is 26.7 Å². The van der Waals surface area contributed by atoms with Gasteiger partial charge in [-0.1, -0.05) is 0 Å². The molecular formula is C18H26F3N7O. The summed E-state index contributed by atoms with van der Waals surface area (Å²) in [5.41, 5.74) is 4.58. The number of nitrogens with zero attached hydrogens (tertiary/aromatic N) is 4. The quantitative estimate of drug-likeness (QED) is 0.699. The molecule has 0 bridgehead atoms. The predicted octanol–water partition coefficient (Wildman–Crippen LogP) is 1.72. The molecule has 2 fully saturated rings. The first-order valence-corrected chi connectivity index (χ1v) is 9.71. The van der Waals surface area contributed by atoms with Crippen molar-refractivity contribution in [2.24, 2.45) is 10.7 Å². The van der Waals surface area contributed by atoms with Crippen LogP contribution in [-0.2, 0) is 4.74 Å². The highest BCUT2D eigenvalue weighted by molar-refractivity contribution is 5.95. The van der Waals surface area contributed by atoms with E-state index in [1.807, 2.05) is 11.6 Å². The molecule has 1 atom stereocenters. The standard InChI is InChI=1S/C18H26F3N7O/c1-11-14(25-16-23-8-15(18(19,20)21)17(2,22)26-16)7-24-28(11)12-3-5-27(6-4-12)13-9-29-10-13/h7-8,12-13H,3-6,9-10,22H2,1-2H3,(H2,23,25,26). The average Bonchev–Trinajstić information content (AvgIpc) is 2.93. The zero-order chi connectivity index (χ0) is 20.8. The lowest BCUT2D eigenvalue weighted by molar-refractivity contribution is -0.100. The third-order valence-corrected chi connectivity index (χ3v) is 5.83. The number of aromatic nitrogens is 2. The Kier molecular flexibility index (Phi) is 5.07. The number of nitrogens with two attached hydrogens (primary N) is 1. The van der Waals surface area contributed by atoms with Crippen molar-refractivity contribution in [3.05, 3.63) is 23.7 Å². The monoisotopic (exact) mass is 413 g/mol. The molecular weight excluding hydrogens is 387 g/mol. The van der Waals surface area contributed by atoms with Crippen LogP contribution in [0, 0.1) is 6.92 Å². The van der Waals surface area contributed by atoms with E-state index in [-0.39, 0.29) is 5.96 Å². The summed E-state index contributed by atoms with van der Waals surface area (Å²) in [6.45, 7) is 6.81. The molecule has 0 spiro atoms. The van der Waals surface area contributed by atoms with E-state index in [0.29, 0.717) is 17.8 Å². The minimum absolute atomic E-state index is 0.158. The van der Waals surface area contributed by atoms with Gasteiger partial charge in [-0.25, -0.2) is 4.99 Å². The van der Waals surface area contributed by atoms with Crippen molar-refractivity contribution in [2.75, 3.05) is 31.6 Å². The molecule has 11 heteroatoms. The Morgan fingerprint density at radius 3 is 2.52 bits per heavy atom. The van der Waals surface area contributed by atoms with Crippen molar-refractivity contribution in [3.8, 4) is 0 Å². The minimum atomic E-state index is -4.55. The number of aliphatic imine (C=N–C) groups is 1. The summed E-state index contributed by atoms with van der Waals surface area (Å²) in [4.78, 5) is 6.46. The zero-order valence-corrected chi connectivity index (χ0v) is 16.5. The number of anilines is 1. The van der Waals surface area contributed by atoms with Crippen LogP contribution in [0.3, 0.4) is 0 Å². The molecule has 4 rings (SSSR count). The first kappa shape index (κ1) is 20.2. The topological polar surface area (TPSA) is 92.7 Å². The Bertz CT molecular complexity index is 818. The van der Waals surface area contributed by atoms with Gasteiger partial charge in [0.25, 0.3) is 0 Å². The number of hydrogen-bond donors (Lipinski definition) is 3. The maximum absolute atomic E-state index is 13.1. The molecule has 4 N–H and O–H groups in total. The number of piperidine rings is 1. The fourth-order valence-corrected chi connectivity index (χ4v) is 4.02. The molecule has 4 heterocycles. The van der Waals surface area contributed by atoms with Gasteiger partial charge in [-0.2, -0.15) is 18.3 Å². The Balaban J connectivity index is 1.41. The number of halogens is 3. The van der Waals surface area contributed by atoms with Crippen LogP contribution >= 0.6 is 0 Å². The van der Waals surface area contributed by atoms with Crippen LogP contribution in [0.15, 0.2) is 23.0 Å². The molecule has 1 aromatic rings. The molecule has 0 radical (unpaired) electrons. The highest BCUT2D eigenvalue weighted by Gasteiger charge is 2.45. The molecule has 0 saturated carbocycles. The van der Waals surface area contributed by atoms with Crippen LogP contribution in [0.2, 0.25) is 0 Å². The summed E-state index contributed by atoms with van der Waals surface area (Å²) in [5.74, 6) is 0.158. The van der Waals surface area contributed by atoms with Crippen molar-refractivity contribution >= 4 is 11.6 Å². The van der Waals surface area contributed by atoms with Gasteiger partial charge >= 0.3 is 6.18 Å². The van der Waals surface area contributed by atoms with Gasteiger partial charge in [0.2, 0.25) is 5.96 Å². The lowest BCUT2D eigenvalue weighted by Gasteiger charge is -2.41. The molecule has 2 saturated heterocycles. The van der Waals surface area contributed by atoms with Crippen molar-refractivity contribution < 1.29 is 17.9 Å². The molecule has 1 aromatic heterocycles. The summed E-state index contributed by atoms with van der Waals surface area (Å²) in [6, 6.07) is 0.836. The summed E-state index contributed by atoms with van der Waals surface area (Å²) in [7, 11) is 0. The van der Waals surface area contributed by atoms with Crippen molar-refractivity contribution in [1.29, 1.82) is 0 Å².